The molecule has 31 nitrogen and oxygen atoms in total. The molecule has 0 radical (unpaired) electrons. The molecule has 35 heteroatoms. The molecule has 18 atom stereocenters. The van der Waals surface area contributed by atoms with Gasteiger partial charge in [0.1, 0.15) is 73.1 Å². The van der Waals surface area contributed by atoms with E-state index in [-0.39, 0.29) is 0 Å². The van der Waals surface area contributed by atoms with Crippen molar-refractivity contribution in [3.8, 4) is 0 Å². The van der Waals surface area contributed by atoms with Crippen LogP contribution in [0.3, 0.4) is 0 Å². The number of hydrogen-bond donors (Lipinski definition) is 15. The van der Waals surface area contributed by atoms with Crippen molar-refractivity contribution < 1.29 is 139 Å². The Balaban J connectivity index is 1.85. The third kappa shape index (κ3) is 46.6. The summed E-state index contributed by atoms with van der Waals surface area (Å²) >= 11 is 0. The van der Waals surface area contributed by atoms with Crippen LogP contribution in [-0.2, 0) is 73.5 Å². The molecule has 0 saturated carbocycles. The van der Waals surface area contributed by atoms with Gasteiger partial charge < -0.3 is 90.4 Å². The number of hydrogen-bond acceptors (Lipinski definition) is 25. The molecule has 0 aromatic carbocycles. The first-order valence-electron chi connectivity index (χ1n) is 39.0. The topological polar surface area (TPSA) is 482 Å². The van der Waals surface area contributed by atoms with Gasteiger partial charge in [0.05, 0.1) is 46.2 Å². The van der Waals surface area contributed by atoms with E-state index >= 15 is 0 Å². The Kier molecular flexibility index (Phi) is 52.0. The van der Waals surface area contributed by atoms with Crippen LogP contribution in [0.2, 0.25) is 0 Å². The number of carbonyl (C=O) groups is 2. The second-order valence-corrected chi connectivity index (χ2v) is 35.8. The molecule has 0 bridgehead atoms. The van der Waals surface area contributed by atoms with Crippen LogP contribution in [0.1, 0.15) is 225 Å². The monoisotopic (exact) mass is 1700 g/mol. The van der Waals surface area contributed by atoms with E-state index in [1.165, 1.54) is 61.8 Å². The van der Waals surface area contributed by atoms with Crippen molar-refractivity contribution in [2.24, 2.45) is 0 Å². The van der Waals surface area contributed by atoms with Gasteiger partial charge in [-0.1, -0.05) is 128 Å². The third-order valence-corrected chi connectivity index (χ3v) is 23.3. The Morgan fingerprint density at radius 3 is 1.05 bits per heavy atom. The van der Waals surface area contributed by atoms with Crippen LogP contribution in [0, 0.1) is 0 Å². The molecule has 0 aromatic heterocycles. The molecular weight excluding hydrogens is 1560 g/mol. The largest absolute Gasteiger partial charge is 0.483 e. The molecule has 656 valence electrons. The minimum absolute atomic E-state index is 0.542. The molecule has 0 spiro atoms. The van der Waals surface area contributed by atoms with Gasteiger partial charge in [0.25, 0.3) is 0 Å². The molecule has 2 amide bonds. The first kappa shape index (κ1) is 106. The fraction of sp³-hybridized carbons (Fsp3) is 0.696. The van der Waals surface area contributed by atoms with Gasteiger partial charge >= 0.3 is 31.3 Å². The quantitative estimate of drug-likeness (QED) is 0.0199. The molecule has 0 aromatic rings. The maximum absolute atomic E-state index is 13.4. The summed E-state index contributed by atoms with van der Waals surface area (Å²) in [5, 5.41) is 96.5. The first-order chi connectivity index (χ1) is 53.4. The number of aliphatic hydroxyl groups excluding tert-OH is 9. The van der Waals surface area contributed by atoms with Gasteiger partial charge in [-0.2, -0.15) is 4.31 Å². The number of aliphatic hydroxyl groups is 9. The van der Waals surface area contributed by atoms with E-state index in [1.54, 1.807) is 6.92 Å². The Hall–Kier alpha value is -3.92. The Bertz CT molecular complexity index is 3470. The second-order valence-electron chi connectivity index (χ2n) is 29.9. The van der Waals surface area contributed by atoms with Gasteiger partial charge in [-0.25, -0.2) is 18.3 Å². The standard InChI is InChI=1S/C79H136N2O29P4/c1-53(2)25-15-26-54(3)27-16-28-55(4)29-17-30-56(5)31-18-32-57(6)33-19-34-58(7)35-20-36-59(8)37-21-38-60(9)39-22-40-61(10)41-23-42-62(11)43-24-44-63(12)45-46-101-113(97,98)110-114(99,100)109-79-72(81-65(14)86)74(91)76(69(48-83)106-79)107-78-71(80-64(13)85)75(92)77(70(49-84)105-78)108-112(95,96)103-51-66(87)50-102-111(93,94)104-52-68(89)73(90)67(88)47-82/h25,27,29,31,33,35,37,39,41,43,45,66-79,82-84,87-92H,15-24,26,28,30,32,34,36,38,40,42,44,46-52H2,1-14H3,(H,80,85)(H,81,86)(H,93,94)(H,95,96)(H,97,98)(H,99,100)/b54-27+,55-29+,56-31-,57-33-,58-35-,59-37-,60-39-,61-41-,62-43-,63-45-/t66-,67+,68-,69-,70-,71-,72-,73+,74-,75-,76-,77-,78+,79-/m1/s1. The van der Waals surface area contributed by atoms with Crippen LogP contribution in [0.15, 0.2) is 128 Å². The Morgan fingerprint density at radius 1 is 0.386 bits per heavy atom. The second kappa shape index (κ2) is 55.8. The van der Waals surface area contributed by atoms with E-state index in [9.17, 15) is 88.3 Å². The number of phosphoric ester groups is 4. The Labute approximate surface area is 675 Å². The van der Waals surface area contributed by atoms with Gasteiger partial charge in [-0.3, -0.25) is 36.7 Å². The summed E-state index contributed by atoms with van der Waals surface area (Å²) in [4.78, 5) is 66.7. The van der Waals surface area contributed by atoms with Gasteiger partial charge in [-0.05, 0) is 212 Å². The number of rotatable bonds is 57. The van der Waals surface area contributed by atoms with Gasteiger partial charge in [0, 0.05) is 13.8 Å². The fourth-order valence-corrected chi connectivity index (χ4v) is 15.8. The smallest absolute Gasteiger partial charge is 0.394 e. The number of phosphoric acid groups is 4. The zero-order chi connectivity index (χ0) is 85.9. The summed E-state index contributed by atoms with van der Waals surface area (Å²) in [5.74, 6) is -1.85. The predicted octanol–water partition coefficient (Wildman–Crippen LogP) is 12.1. The number of ether oxygens (including phenoxy) is 3. The van der Waals surface area contributed by atoms with E-state index in [4.69, 9.17) is 37.4 Å². The predicted molar refractivity (Wildman–Crippen MR) is 434 cm³/mol. The van der Waals surface area contributed by atoms with Crippen molar-refractivity contribution >= 4 is 43.1 Å². The van der Waals surface area contributed by atoms with Crippen LogP contribution >= 0.6 is 31.3 Å². The van der Waals surface area contributed by atoms with Crippen molar-refractivity contribution in [1.82, 2.24) is 10.6 Å². The van der Waals surface area contributed by atoms with Crippen molar-refractivity contribution in [2.75, 3.05) is 46.2 Å². The zero-order valence-corrected chi connectivity index (χ0v) is 72.7. The van der Waals surface area contributed by atoms with Gasteiger partial charge in [0.15, 0.2) is 12.6 Å². The van der Waals surface area contributed by atoms with Crippen molar-refractivity contribution in [2.45, 2.75) is 311 Å². The summed E-state index contributed by atoms with van der Waals surface area (Å²) in [6.07, 6.45) is 20.8. The lowest BCUT2D eigenvalue weighted by Crippen LogP contribution is -2.69. The van der Waals surface area contributed by atoms with Crippen LogP contribution in [0.5, 0.6) is 0 Å². The minimum atomic E-state index is -5.79. The number of carbonyl (C=O) groups excluding carboxylic acids is 2. The first-order valence-corrected chi connectivity index (χ1v) is 45.0. The fourth-order valence-electron chi connectivity index (χ4n) is 11.9. The molecule has 2 fully saturated rings. The van der Waals surface area contributed by atoms with Gasteiger partial charge in [0.2, 0.25) is 11.8 Å². The van der Waals surface area contributed by atoms with E-state index in [2.05, 4.69) is 154 Å². The van der Waals surface area contributed by atoms with Crippen molar-refractivity contribution in [3.63, 3.8) is 0 Å². The van der Waals surface area contributed by atoms with Crippen LogP contribution in [0.25, 0.3) is 0 Å². The molecule has 2 aliphatic heterocycles. The minimum Gasteiger partial charge on any atom is -0.394 e. The van der Waals surface area contributed by atoms with E-state index < -0.39 is 175 Å². The average Bonchev–Trinajstić information content (AvgIpc) is 0.770. The summed E-state index contributed by atoms with van der Waals surface area (Å²) in [6.45, 7) is 20.6. The summed E-state index contributed by atoms with van der Waals surface area (Å²) in [5.41, 5.74) is 14.9. The number of nitrogens with one attached hydrogen (secondary N) is 2. The van der Waals surface area contributed by atoms with E-state index in [1.807, 2.05) is 6.92 Å². The highest BCUT2D eigenvalue weighted by atomic mass is 31.3. The molecular formula is C79H136N2O29P4. The summed E-state index contributed by atoms with van der Waals surface area (Å²) in [7, 11) is -21.9. The molecule has 2 heterocycles. The SMILES string of the molecule is CC(=O)N[C@H]1[C@@H](OP(=O)(O)OP(=O)(O)OC/C=C(/C)CC/C=C(/C)CC/C=C(/C)CC/C=C(/C)CC/C=C(/C)CC/C=C(/C)CC/C=C(/C)CC/C=C(/C)CC/C=C(\C)CC/C=C(\C)CCC=C(C)C)O[C@H](CO)[C@@H](O[C@@H]2O[C@H](CO)[C@@H](OP(=O)(O)OC[C@H](O)COP(=O)(O)OC[C@@H](O)[C@@H](O)[C@@H](O)CO)[C@H](O)[C@H]2NC(C)=O)[C@@H]1O. The lowest BCUT2D eigenvalue weighted by atomic mass is 9.94. The highest BCUT2D eigenvalue weighted by Crippen LogP contribution is 2.61. The average molecular weight is 1700 g/mol. The molecule has 2 rings (SSSR count). The normalized spacial score (nSPS) is 24.9. The third-order valence-electron chi connectivity index (χ3n) is 18.7. The van der Waals surface area contributed by atoms with Gasteiger partial charge in [-0.15, -0.1) is 0 Å². The van der Waals surface area contributed by atoms with Crippen molar-refractivity contribution in [3.05, 3.63) is 128 Å². The van der Waals surface area contributed by atoms with Crippen LogP contribution in [-0.4, -0.2) is 209 Å². The zero-order valence-electron chi connectivity index (χ0n) is 69.2. The lowest BCUT2D eigenvalue weighted by molar-refractivity contribution is -0.324. The van der Waals surface area contributed by atoms with E-state index in [0.717, 1.165) is 135 Å². The van der Waals surface area contributed by atoms with Crippen LogP contribution in [0.4, 0.5) is 0 Å². The molecule has 4 unspecified atom stereocenters. The maximum atomic E-state index is 13.4. The van der Waals surface area contributed by atoms with Crippen LogP contribution < -0.4 is 10.6 Å². The summed E-state index contributed by atoms with van der Waals surface area (Å²) in [6, 6.07) is -3.86. The number of allylic oxidation sites excluding steroid dienone is 21. The maximum Gasteiger partial charge on any atom is 0.483 e. The molecule has 2 aliphatic rings. The highest BCUT2D eigenvalue weighted by Gasteiger charge is 2.55. The molecule has 114 heavy (non-hydrogen) atoms. The molecule has 0 aliphatic carbocycles. The molecule has 15 N–H and O–H groups in total. The Morgan fingerprint density at radius 2 is 0.702 bits per heavy atom. The number of amides is 2. The van der Waals surface area contributed by atoms with E-state index in [0.29, 0.717) is 12.8 Å². The summed E-state index contributed by atoms with van der Waals surface area (Å²) < 4.78 is 102. The molecule has 2 saturated heterocycles. The van der Waals surface area contributed by atoms with Crippen molar-refractivity contribution in [1.29, 1.82) is 0 Å². The highest BCUT2D eigenvalue weighted by molar-refractivity contribution is 7.61. The lowest BCUT2D eigenvalue weighted by Gasteiger charge is -2.48.